The topological polar surface area (TPSA) is 137 Å². The first-order chi connectivity index (χ1) is 17.6. The van der Waals surface area contributed by atoms with Crippen molar-refractivity contribution in [3.05, 3.63) is 38.9 Å². The number of thiazole rings is 1. The average molecular weight is 548 g/mol. The Balaban J connectivity index is 1.45. The van der Waals surface area contributed by atoms with Crippen LogP contribution in [0.25, 0.3) is 0 Å². The molecule has 37 heavy (non-hydrogen) atoms. The normalized spacial score (nSPS) is 21.5. The third-order valence-corrected chi connectivity index (χ3v) is 7.87. The SMILES string of the molecule is CN1CCc2nc(C(=O)N[C@H]3C[C@@H](C(=O)N(C)C)CC[C@@H]3NC(=O)C(=O)Nc3ccc(Cl)cn3)sc2C1. The summed E-state index contributed by atoms with van der Waals surface area (Å²) in [5, 5.41) is 8.91. The molecule has 0 spiro atoms. The fourth-order valence-electron chi connectivity index (χ4n) is 4.60. The molecule has 3 heterocycles. The number of hydrogen-bond acceptors (Lipinski definition) is 8. The fraction of sp³-hybridized carbons (Fsp3) is 0.500. The van der Waals surface area contributed by atoms with Crippen molar-refractivity contribution in [2.75, 3.05) is 33.0 Å². The van der Waals surface area contributed by atoms with Gasteiger partial charge in [-0.05, 0) is 38.4 Å². The highest BCUT2D eigenvalue weighted by Gasteiger charge is 2.37. The van der Waals surface area contributed by atoms with E-state index in [1.54, 1.807) is 20.2 Å². The van der Waals surface area contributed by atoms with Crippen LogP contribution >= 0.6 is 22.9 Å². The van der Waals surface area contributed by atoms with E-state index in [2.05, 4.69) is 30.8 Å². The van der Waals surface area contributed by atoms with Crippen LogP contribution in [0.15, 0.2) is 18.3 Å². The molecule has 1 saturated carbocycles. The summed E-state index contributed by atoms with van der Waals surface area (Å²) < 4.78 is 0. The van der Waals surface area contributed by atoms with Gasteiger partial charge in [0, 0.05) is 56.6 Å². The molecule has 11 nitrogen and oxygen atoms in total. The molecule has 4 amide bonds. The van der Waals surface area contributed by atoms with Gasteiger partial charge in [0.25, 0.3) is 5.91 Å². The van der Waals surface area contributed by atoms with E-state index < -0.39 is 23.9 Å². The molecule has 2 aromatic rings. The molecule has 4 rings (SSSR count). The van der Waals surface area contributed by atoms with Gasteiger partial charge in [0.2, 0.25) is 5.91 Å². The number of nitrogens with zero attached hydrogens (tertiary/aromatic N) is 4. The quantitative estimate of drug-likeness (QED) is 0.480. The largest absolute Gasteiger partial charge is 0.349 e. The van der Waals surface area contributed by atoms with Gasteiger partial charge in [-0.3, -0.25) is 19.2 Å². The van der Waals surface area contributed by atoms with Gasteiger partial charge in [0.15, 0.2) is 5.01 Å². The first-order valence-corrected chi connectivity index (χ1v) is 13.2. The molecule has 1 fully saturated rings. The van der Waals surface area contributed by atoms with E-state index in [9.17, 15) is 19.2 Å². The number of nitrogens with one attached hydrogen (secondary N) is 3. The maximum absolute atomic E-state index is 13.2. The van der Waals surface area contributed by atoms with Crippen molar-refractivity contribution < 1.29 is 19.2 Å². The summed E-state index contributed by atoms with van der Waals surface area (Å²) in [5.41, 5.74) is 0.940. The zero-order valence-electron chi connectivity index (χ0n) is 20.9. The Labute approximate surface area is 224 Å². The standard InChI is InChI=1S/C24H30ClN7O4S/c1-31(2)24(36)13-4-6-15(27-20(33)21(34)30-19-7-5-14(25)11-26-19)17(10-13)28-22(35)23-29-16-8-9-32(3)12-18(16)37-23/h5,7,11,13,15,17H,4,6,8-10,12H2,1-3H3,(H,27,33)(H,28,35)(H,26,30,34)/t13-,15-,17-/m0/s1. The van der Waals surface area contributed by atoms with E-state index in [0.717, 1.165) is 30.1 Å². The van der Waals surface area contributed by atoms with Crippen molar-refractivity contribution in [1.82, 2.24) is 30.4 Å². The number of anilines is 1. The Kier molecular flexibility index (Phi) is 8.40. The van der Waals surface area contributed by atoms with Crippen LogP contribution in [0.2, 0.25) is 5.02 Å². The fourth-order valence-corrected chi connectivity index (χ4v) is 5.80. The summed E-state index contributed by atoms with van der Waals surface area (Å²) in [4.78, 5) is 64.3. The lowest BCUT2D eigenvalue weighted by atomic mass is 9.81. The van der Waals surface area contributed by atoms with Crippen LogP contribution in [0.4, 0.5) is 5.82 Å². The summed E-state index contributed by atoms with van der Waals surface area (Å²) in [6.45, 7) is 1.63. The first-order valence-electron chi connectivity index (χ1n) is 12.0. The van der Waals surface area contributed by atoms with E-state index in [4.69, 9.17) is 11.6 Å². The molecule has 0 bridgehead atoms. The molecular weight excluding hydrogens is 518 g/mol. The third-order valence-electron chi connectivity index (χ3n) is 6.56. The van der Waals surface area contributed by atoms with E-state index in [1.165, 1.54) is 28.5 Å². The van der Waals surface area contributed by atoms with Crippen molar-refractivity contribution >= 4 is 52.4 Å². The van der Waals surface area contributed by atoms with Crippen LogP contribution in [-0.2, 0) is 27.3 Å². The van der Waals surface area contributed by atoms with Gasteiger partial charge in [-0.1, -0.05) is 11.6 Å². The number of likely N-dealkylation sites (N-methyl/N-ethyl adjacent to an activating group) is 1. The summed E-state index contributed by atoms with van der Waals surface area (Å²) in [7, 11) is 5.41. The Morgan fingerprint density at radius 3 is 2.59 bits per heavy atom. The average Bonchev–Trinajstić information content (AvgIpc) is 3.29. The van der Waals surface area contributed by atoms with Crippen molar-refractivity contribution in [3.8, 4) is 0 Å². The molecule has 0 aromatic carbocycles. The van der Waals surface area contributed by atoms with Crippen molar-refractivity contribution in [2.24, 2.45) is 5.92 Å². The van der Waals surface area contributed by atoms with Crippen molar-refractivity contribution in [3.63, 3.8) is 0 Å². The molecular formula is C24H30ClN7O4S. The lowest BCUT2D eigenvalue weighted by Crippen LogP contribution is -2.57. The molecule has 0 radical (unpaired) electrons. The van der Waals surface area contributed by atoms with Crippen LogP contribution in [0, 0.1) is 5.92 Å². The zero-order valence-corrected chi connectivity index (χ0v) is 22.5. The van der Waals surface area contributed by atoms with E-state index >= 15 is 0 Å². The maximum Gasteiger partial charge on any atom is 0.314 e. The highest BCUT2D eigenvalue weighted by atomic mass is 35.5. The number of hydrogen-bond donors (Lipinski definition) is 3. The molecule has 3 atom stereocenters. The van der Waals surface area contributed by atoms with Gasteiger partial charge in [-0.15, -0.1) is 11.3 Å². The minimum atomic E-state index is -0.886. The molecule has 2 aliphatic rings. The first kappa shape index (κ1) is 27.0. The summed E-state index contributed by atoms with van der Waals surface area (Å²) in [6.07, 6.45) is 3.42. The van der Waals surface area contributed by atoms with Crippen LogP contribution in [-0.4, -0.2) is 83.2 Å². The van der Waals surface area contributed by atoms with Gasteiger partial charge in [0.1, 0.15) is 5.82 Å². The highest BCUT2D eigenvalue weighted by Crippen LogP contribution is 2.28. The monoisotopic (exact) mass is 547 g/mol. The molecule has 0 saturated heterocycles. The Bertz CT molecular complexity index is 1190. The third kappa shape index (κ3) is 6.62. The molecule has 0 unspecified atom stereocenters. The second-order valence-corrected chi connectivity index (χ2v) is 11.1. The molecule has 2 aromatic heterocycles. The summed E-state index contributed by atoms with van der Waals surface area (Å²) in [6, 6.07) is 1.95. The number of rotatable bonds is 5. The van der Waals surface area contributed by atoms with Crippen LogP contribution in [0.1, 0.15) is 39.6 Å². The van der Waals surface area contributed by atoms with Gasteiger partial charge in [-0.25, -0.2) is 9.97 Å². The molecule has 1 aliphatic heterocycles. The number of amides is 4. The van der Waals surface area contributed by atoms with E-state index in [-0.39, 0.29) is 23.6 Å². The van der Waals surface area contributed by atoms with Crippen LogP contribution in [0.3, 0.4) is 0 Å². The van der Waals surface area contributed by atoms with Gasteiger partial charge in [0.05, 0.1) is 16.8 Å². The molecule has 198 valence electrons. The molecule has 13 heteroatoms. The Hall–Kier alpha value is -3.09. The maximum atomic E-state index is 13.2. The number of fused-ring (bicyclic) bond motifs is 1. The Morgan fingerprint density at radius 1 is 1.11 bits per heavy atom. The summed E-state index contributed by atoms with van der Waals surface area (Å²) >= 11 is 7.17. The van der Waals surface area contributed by atoms with Gasteiger partial charge < -0.3 is 25.8 Å². The predicted molar refractivity (Wildman–Crippen MR) is 139 cm³/mol. The number of pyridine rings is 1. The van der Waals surface area contributed by atoms with Gasteiger partial charge >= 0.3 is 11.8 Å². The number of halogens is 1. The van der Waals surface area contributed by atoms with Crippen LogP contribution in [0.5, 0.6) is 0 Å². The number of carbonyl (C=O) groups excluding carboxylic acids is 4. The summed E-state index contributed by atoms with van der Waals surface area (Å²) in [5.74, 6) is -2.25. The van der Waals surface area contributed by atoms with Crippen LogP contribution < -0.4 is 16.0 Å². The molecule has 3 N–H and O–H groups in total. The van der Waals surface area contributed by atoms with Crippen molar-refractivity contribution in [1.29, 1.82) is 0 Å². The second-order valence-electron chi connectivity index (χ2n) is 9.60. The predicted octanol–water partition coefficient (Wildman–Crippen LogP) is 1.29. The second kappa shape index (κ2) is 11.5. The van der Waals surface area contributed by atoms with Crippen molar-refractivity contribution in [2.45, 2.75) is 44.3 Å². The zero-order chi connectivity index (χ0) is 26.7. The highest BCUT2D eigenvalue weighted by molar-refractivity contribution is 7.13. The number of carbonyl (C=O) groups is 4. The minimum Gasteiger partial charge on any atom is -0.349 e. The smallest absolute Gasteiger partial charge is 0.314 e. The Morgan fingerprint density at radius 2 is 1.89 bits per heavy atom. The lowest BCUT2D eigenvalue weighted by molar-refractivity contribution is -0.137. The van der Waals surface area contributed by atoms with E-state index in [1.807, 2.05) is 7.05 Å². The van der Waals surface area contributed by atoms with Gasteiger partial charge in [-0.2, -0.15) is 0 Å². The van der Waals surface area contributed by atoms with E-state index in [0.29, 0.717) is 29.3 Å². The minimum absolute atomic E-state index is 0.0386. The number of aromatic nitrogens is 2. The molecule has 1 aliphatic carbocycles. The lowest BCUT2D eigenvalue weighted by Gasteiger charge is -2.37.